The van der Waals surface area contributed by atoms with Gasteiger partial charge in [0.2, 0.25) is 0 Å². The van der Waals surface area contributed by atoms with E-state index in [1.165, 1.54) is 35.2 Å². The zero-order chi connectivity index (χ0) is 18.4. The van der Waals surface area contributed by atoms with Crippen molar-refractivity contribution in [3.63, 3.8) is 0 Å². The Kier molecular flexibility index (Phi) is 5.87. The molecule has 2 aromatic carbocycles. The van der Waals surface area contributed by atoms with Crippen LogP contribution in [0.3, 0.4) is 0 Å². The van der Waals surface area contributed by atoms with E-state index in [1.807, 2.05) is 18.2 Å². The lowest BCUT2D eigenvalue weighted by molar-refractivity contribution is -0.134. The standard InChI is InChI=1S/C22H24N2O2/c1-16(13-19-15-24-21-6-4-3-5-20(19)21)23-14-18-9-7-17(8-10-18)11-12-22(25)26-2/h3-12,15-16,23-24H,13-14H2,1-2H3/b12-11+. The van der Waals surface area contributed by atoms with Gasteiger partial charge in [-0.1, -0.05) is 42.5 Å². The molecule has 3 rings (SSSR count). The predicted molar refractivity (Wildman–Crippen MR) is 106 cm³/mol. The number of fused-ring (bicyclic) bond motifs is 1. The molecule has 26 heavy (non-hydrogen) atoms. The first kappa shape index (κ1) is 18.0. The quantitative estimate of drug-likeness (QED) is 0.500. The van der Waals surface area contributed by atoms with Crippen molar-refractivity contribution in [1.29, 1.82) is 0 Å². The van der Waals surface area contributed by atoms with E-state index in [-0.39, 0.29) is 5.97 Å². The van der Waals surface area contributed by atoms with Gasteiger partial charge in [-0.2, -0.15) is 0 Å². The van der Waals surface area contributed by atoms with Crippen LogP contribution in [0.1, 0.15) is 23.6 Å². The molecular formula is C22H24N2O2. The normalized spacial score (nSPS) is 12.5. The van der Waals surface area contributed by atoms with Crippen molar-refractivity contribution < 1.29 is 9.53 Å². The molecule has 0 spiro atoms. The summed E-state index contributed by atoms with van der Waals surface area (Å²) in [4.78, 5) is 14.5. The van der Waals surface area contributed by atoms with E-state index >= 15 is 0 Å². The first-order chi connectivity index (χ1) is 12.7. The molecule has 134 valence electrons. The Bertz CT molecular complexity index is 894. The van der Waals surface area contributed by atoms with Crippen LogP contribution >= 0.6 is 0 Å². The van der Waals surface area contributed by atoms with Crippen LogP contribution in [0.15, 0.2) is 60.8 Å². The lowest BCUT2D eigenvalue weighted by atomic mass is 10.1. The molecule has 0 aliphatic heterocycles. The van der Waals surface area contributed by atoms with Gasteiger partial charge in [-0.25, -0.2) is 4.79 Å². The smallest absolute Gasteiger partial charge is 0.330 e. The topological polar surface area (TPSA) is 54.1 Å². The minimum absolute atomic E-state index is 0.346. The van der Waals surface area contributed by atoms with Crippen LogP contribution in [0.2, 0.25) is 0 Å². The molecular weight excluding hydrogens is 324 g/mol. The van der Waals surface area contributed by atoms with Crippen molar-refractivity contribution in [2.45, 2.75) is 25.9 Å². The van der Waals surface area contributed by atoms with Crippen molar-refractivity contribution in [2.75, 3.05) is 7.11 Å². The third-order valence-corrected chi connectivity index (χ3v) is 4.45. The number of aromatic nitrogens is 1. The molecule has 4 nitrogen and oxygen atoms in total. The molecule has 0 fully saturated rings. The van der Waals surface area contributed by atoms with Gasteiger partial charge in [0.05, 0.1) is 7.11 Å². The number of aromatic amines is 1. The molecule has 0 aliphatic carbocycles. The Labute approximate surface area is 153 Å². The number of nitrogens with one attached hydrogen (secondary N) is 2. The Hall–Kier alpha value is -2.85. The Balaban J connectivity index is 1.53. The summed E-state index contributed by atoms with van der Waals surface area (Å²) in [6, 6.07) is 16.9. The highest BCUT2D eigenvalue weighted by atomic mass is 16.5. The van der Waals surface area contributed by atoms with Crippen molar-refractivity contribution in [3.05, 3.63) is 77.5 Å². The maximum atomic E-state index is 11.1. The van der Waals surface area contributed by atoms with E-state index in [0.29, 0.717) is 6.04 Å². The number of methoxy groups -OCH3 is 1. The highest BCUT2D eigenvalue weighted by Gasteiger charge is 2.08. The lowest BCUT2D eigenvalue weighted by Gasteiger charge is -2.13. The zero-order valence-electron chi connectivity index (χ0n) is 15.2. The molecule has 1 aromatic heterocycles. The van der Waals surface area contributed by atoms with Crippen LogP contribution in [-0.2, 0) is 22.5 Å². The number of rotatable bonds is 7. The minimum atomic E-state index is -0.346. The van der Waals surface area contributed by atoms with Crippen LogP contribution in [0, 0.1) is 0 Å². The SMILES string of the molecule is COC(=O)/C=C/c1ccc(CNC(C)Cc2c[nH]c3ccccc23)cc1. The number of carbonyl (C=O) groups excluding carboxylic acids is 1. The van der Waals surface area contributed by atoms with E-state index in [2.05, 4.69) is 58.5 Å². The molecule has 1 heterocycles. The summed E-state index contributed by atoms with van der Waals surface area (Å²) >= 11 is 0. The highest BCUT2D eigenvalue weighted by molar-refractivity contribution is 5.86. The van der Waals surface area contributed by atoms with Crippen molar-refractivity contribution in [1.82, 2.24) is 10.3 Å². The summed E-state index contributed by atoms with van der Waals surface area (Å²) < 4.78 is 4.59. The van der Waals surface area contributed by atoms with E-state index in [9.17, 15) is 4.79 Å². The second-order valence-electron chi connectivity index (χ2n) is 6.44. The van der Waals surface area contributed by atoms with E-state index in [0.717, 1.165) is 18.5 Å². The molecule has 1 unspecified atom stereocenters. The van der Waals surface area contributed by atoms with Crippen LogP contribution < -0.4 is 5.32 Å². The highest BCUT2D eigenvalue weighted by Crippen LogP contribution is 2.19. The number of para-hydroxylation sites is 1. The average molecular weight is 348 g/mol. The van der Waals surface area contributed by atoms with Crippen molar-refractivity contribution >= 4 is 22.9 Å². The van der Waals surface area contributed by atoms with E-state index in [4.69, 9.17) is 0 Å². The fraction of sp³-hybridized carbons (Fsp3) is 0.227. The molecule has 0 aliphatic rings. The molecule has 1 atom stereocenters. The van der Waals surface area contributed by atoms with Crippen molar-refractivity contribution in [2.24, 2.45) is 0 Å². The van der Waals surface area contributed by atoms with Gasteiger partial charge in [0, 0.05) is 35.8 Å². The molecule has 0 bridgehead atoms. The van der Waals surface area contributed by atoms with Gasteiger partial charge in [0.15, 0.2) is 0 Å². The molecule has 0 amide bonds. The largest absolute Gasteiger partial charge is 0.466 e. The number of hydrogen-bond acceptors (Lipinski definition) is 3. The third-order valence-electron chi connectivity index (χ3n) is 4.45. The summed E-state index contributed by atoms with van der Waals surface area (Å²) in [7, 11) is 1.37. The Morgan fingerprint density at radius 2 is 1.96 bits per heavy atom. The van der Waals surface area contributed by atoms with Crippen LogP contribution in [0.25, 0.3) is 17.0 Å². The molecule has 4 heteroatoms. The summed E-state index contributed by atoms with van der Waals surface area (Å²) in [5, 5.41) is 4.87. The predicted octanol–water partition coefficient (Wildman–Crippen LogP) is 4.07. The average Bonchev–Trinajstić information content (AvgIpc) is 3.08. The minimum Gasteiger partial charge on any atom is -0.466 e. The lowest BCUT2D eigenvalue weighted by Crippen LogP contribution is -2.27. The number of H-pyrrole nitrogens is 1. The monoisotopic (exact) mass is 348 g/mol. The van der Waals surface area contributed by atoms with Crippen LogP contribution in [-0.4, -0.2) is 24.1 Å². The number of benzene rings is 2. The van der Waals surface area contributed by atoms with Crippen LogP contribution in [0.4, 0.5) is 0 Å². The summed E-state index contributed by atoms with van der Waals surface area (Å²) in [5.74, 6) is -0.346. The number of ether oxygens (including phenoxy) is 1. The number of hydrogen-bond donors (Lipinski definition) is 2. The second-order valence-corrected chi connectivity index (χ2v) is 6.44. The Morgan fingerprint density at radius 1 is 1.19 bits per heavy atom. The van der Waals surface area contributed by atoms with E-state index in [1.54, 1.807) is 6.08 Å². The molecule has 3 aromatic rings. The van der Waals surface area contributed by atoms with Gasteiger partial charge in [0.25, 0.3) is 0 Å². The second kappa shape index (κ2) is 8.50. The number of esters is 1. The maximum absolute atomic E-state index is 11.1. The first-order valence-electron chi connectivity index (χ1n) is 8.79. The van der Waals surface area contributed by atoms with Gasteiger partial charge < -0.3 is 15.0 Å². The van der Waals surface area contributed by atoms with Gasteiger partial charge in [-0.05, 0) is 42.2 Å². The summed E-state index contributed by atoms with van der Waals surface area (Å²) in [6.45, 7) is 3.01. The molecule has 0 saturated heterocycles. The third kappa shape index (κ3) is 4.61. The van der Waals surface area contributed by atoms with E-state index < -0.39 is 0 Å². The number of carbonyl (C=O) groups is 1. The van der Waals surface area contributed by atoms with Gasteiger partial charge in [-0.3, -0.25) is 0 Å². The Morgan fingerprint density at radius 3 is 2.73 bits per heavy atom. The van der Waals surface area contributed by atoms with Gasteiger partial charge >= 0.3 is 5.97 Å². The zero-order valence-corrected chi connectivity index (χ0v) is 15.2. The summed E-state index contributed by atoms with van der Waals surface area (Å²) in [5.41, 5.74) is 4.71. The summed E-state index contributed by atoms with van der Waals surface area (Å²) in [6.07, 6.45) is 6.26. The molecule has 0 radical (unpaired) electrons. The fourth-order valence-corrected chi connectivity index (χ4v) is 2.97. The fourth-order valence-electron chi connectivity index (χ4n) is 2.97. The van der Waals surface area contributed by atoms with Gasteiger partial charge in [-0.15, -0.1) is 0 Å². The van der Waals surface area contributed by atoms with Gasteiger partial charge in [0.1, 0.15) is 0 Å². The van der Waals surface area contributed by atoms with Crippen molar-refractivity contribution in [3.8, 4) is 0 Å². The molecule has 0 saturated carbocycles. The first-order valence-corrected chi connectivity index (χ1v) is 8.79. The maximum Gasteiger partial charge on any atom is 0.330 e. The van der Waals surface area contributed by atoms with Crippen LogP contribution in [0.5, 0.6) is 0 Å². The molecule has 2 N–H and O–H groups in total.